The van der Waals surface area contributed by atoms with E-state index in [0.717, 1.165) is 25.2 Å². The van der Waals surface area contributed by atoms with E-state index in [9.17, 15) is 4.79 Å². The van der Waals surface area contributed by atoms with Crippen molar-refractivity contribution in [2.24, 2.45) is 5.92 Å². The molecule has 0 bridgehead atoms. The number of hydrogen-bond acceptors (Lipinski definition) is 2. The van der Waals surface area contributed by atoms with Gasteiger partial charge < -0.3 is 4.74 Å². The van der Waals surface area contributed by atoms with Crippen molar-refractivity contribution < 1.29 is 9.53 Å². The van der Waals surface area contributed by atoms with Gasteiger partial charge in [0.25, 0.3) is 0 Å². The molecule has 0 unspecified atom stereocenters. The number of carbonyl (C=O) groups excluding carboxylic acids is 1. The van der Waals surface area contributed by atoms with Gasteiger partial charge in [0, 0.05) is 6.42 Å². The lowest BCUT2D eigenvalue weighted by Gasteiger charge is -2.03. The Bertz CT molecular complexity index is 282. The zero-order valence-corrected chi connectivity index (χ0v) is 15.9. The van der Waals surface area contributed by atoms with Crippen LogP contribution in [0.15, 0.2) is 12.3 Å². The number of allylic oxidation sites excluding steroid dienone is 1. The second kappa shape index (κ2) is 17.6. The van der Waals surface area contributed by atoms with Crippen LogP contribution in [0.1, 0.15) is 111 Å². The first-order valence-electron chi connectivity index (χ1n) is 10.0. The molecule has 0 aliphatic rings. The van der Waals surface area contributed by atoms with Crippen molar-refractivity contribution in [2.45, 2.75) is 111 Å². The minimum Gasteiger partial charge on any atom is -0.435 e. The molecule has 0 amide bonds. The Balaban J connectivity index is 3.27. The van der Waals surface area contributed by atoms with E-state index in [2.05, 4.69) is 20.8 Å². The second-order valence-corrected chi connectivity index (χ2v) is 7.12. The predicted octanol–water partition coefficient (Wildman–Crippen LogP) is 7.18. The van der Waals surface area contributed by atoms with E-state index >= 15 is 0 Å². The summed E-state index contributed by atoms with van der Waals surface area (Å²) in [4.78, 5) is 11.5. The number of unbranched alkanes of at least 4 members (excludes halogenated alkanes) is 10. The number of carbonyl (C=O) groups is 1. The van der Waals surface area contributed by atoms with Gasteiger partial charge in [-0.15, -0.1) is 0 Å². The molecule has 0 aromatic carbocycles. The Hall–Kier alpha value is -0.790. The van der Waals surface area contributed by atoms with Crippen LogP contribution in [-0.4, -0.2) is 5.97 Å². The van der Waals surface area contributed by atoms with Gasteiger partial charge in [0.15, 0.2) is 0 Å². The average molecular weight is 325 g/mol. The lowest BCUT2D eigenvalue weighted by atomic mass is 10.0. The average Bonchev–Trinajstić information content (AvgIpc) is 2.52. The Morgan fingerprint density at radius 3 is 2.13 bits per heavy atom. The molecule has 0 spiro atoms. The monoisotopic (exact) mass is 324 g/mol. The highest BCUT2D eigenvalue weighted by Crippen LogP contribution is 2.11. The molecule has 23 heavy (non-hydrogen) atoms. The molecule has 136 valence electrons. The van der Waals surface area contributed by atoms with Gasteiger partial charge in [-0.3, -0.25) is 4.79 Å². The topological polar surface area (TPSA) is 26.3 Å². The maximum absolute atomic E-state index is 11.5. The van der Waals surface area contributed by atoms with Crippen LogP contribution in [0, 0.1) is 5.92 Å². The lowest BCUT2D eigenvalue weighted by Crippen LogP contribution is -1.99. The highest BCUT2D eigenvalue weighted by atomic mass is 16.5. The van der Waals surface area contributed by atoms with Crippen LogP contribution in [0.5, 0.6) is 0 Å². The van der Waals surface area contributed by atoms with Gasteiger partial charge in [-0.05, 0) is 31.3 Å². The highest BCUT2D eigenvalue weighted by molar-refractivity contribution is 5.69. The fraction of sp³-hybridized carbons (Fsp3) is 0.857. The fourth-order valence-corrected chi connectivity index (χ4v) is 2.65. The summed E-state index contributed by atoms with van der Waals surface area (Å²) in [5.41, 5.74) is 0. The van der Waals surface area contributed by atoms with Crippen LogP contribution in [0.25, 0.3) is 0 Å². The van der Waals surface area contributed by atoms with Crippen LogP contribution in [0.4, 0.5) is 0 Å². The van der Waals surface area contributed by atoms with Gasteiger partial charge in [0.05, 0.1) is 6.26 Å². The summed E-state index contributed by atoms with van der Waals surface area (Å²) in [6.07, 6.45) is 20.4. The van der Waals surface area contributed by atoms with E-state index in [0.29, 0.717) is 6.42 Å². The van der Waals surface area contributed by atoms with Crippen molar-refractivity contribution in [1.82, 2.24) is 0 Å². The van der Waals surface area contributed by atoms with E-state index in [-0.39, 0.29) is 5.97 Å². The van der Waals surface area contributed by atoms with E-state index in [1.54, 1.807) is 6.26 Å². The molecule has 0 rings (SSSR count). The number of hydrogen-bond donors (Lipinski definition) is 0. The maximum Gasteiger partial charge on any atom is 0.310 e. The Morgan fingerprint density at radius 1 is 0.870 bits per heavy atom. The Kier molecular flexibility index (Phi) is 17.0. The third-order valence-corrected chi connectivity index (χ3v) is 4.18. The molecule has 0 radical (unpaired) electrons. The van der Waals surface area contributed by atoms with Crippen LogP contribution in [-0.2, 0) is 9.53 Å². The first-order chi connectivity index (χ1) is 11.2. The molecule has 0 aromatic rings. The van der Waals surface area contributed by atoms with E-state index in [1.165, 1.54) is 64.2 Å². The molecule has 0 aliphatic carbocycles. The number of ether oxygens (including phenoxy) is 1. The zero-order chi connectivity index (χ0) is 17.2. The summed E-state index contributed by atoms with van der Waals surface area (Å²) in [5, 5.41) is 0. The first kappa shape index (κ1) is 22.2. The standard InChI is InChI=1S/C21H40O2/c1-4-5-6-7-8-9-10-11-12-16-19-23-21(22)18-15-13-14-17-20(2)3/h16,19-20H,4-15,17-18H2,1-3H3. The summed E-state index contributed by atoms with van der Waals surface area (Å²) >= 11 is 0. The molecule has 0 heterocycles. The van der Waals surface area contributed by atoms with Crippen molar-refractivity contribution >= 4 is 5.97 Å². The molecule has 0 saturated carbocycles. The van der Waals surface area contributed by atoms with Crippen molar-refractivity contribution in [2.75, 3.05) is 0 Å². The summed E-state index contributed by atoms with van der Waals surface area (Å²) in [6.45, 7) is 6.74. The predicted molar refractivity (Wildman–Crippen MR) is 100 cm³/mol. The maximum atomic E-state index is 11.5. The third kappa shape index (κ3) is 19.2. The Labute approximate surface area is 145 Å². The van der Waals surface area contributed by atoms with Crippen LogP contribution >= 0.6 is 0 Å². The van der Waals surface area contributed by atoms with Crippen molar-refractivity contribution in [1.29, 1.82) is 0 Å². The van der Waals surface area contributed by atoms with Crippen molar-refractivity contribution in [3.63, 3.8) is 0 Å². The van der Waals surface area contributed by atoms with Crippen LogP contribution < -0.4 is 0 Å². The van der Waals surface area contributed by atoms with E-state index < -0.39 is 0 Å². The third-order valence-electron chi connectivity index (χ3n) is 4.18. The largest absolute Gasteiger partial charge is 0.435 e. The molecule has 2 heteroatoms. The highest BCUT2D eigenvalue weighted by Gasteiger charge is 2.01. The molecule has 0 N–H and O–H groups in total. The molecular weight excluding hydrogens is 284 g/mol. The normalized spacial score (nSPS) is 11.5. The van der Waals surface area contributed by atoms with Crippen LogP contribution in [0.2, 0.25) is 0 Å². The molecule has 0 aliphatic heterocycles. The molecule has 0 fully saturated rings. The van der Waals surface area contributed by atoms with Gasteiger partial charge in [0.2, 0.25) is 0 Å². The molecule has 0 saturated heterocycles. The van der Waals surface area contributed by atoms with E-state index in [1.807, 2.05) is 6.08 Å². The fourth-order valence-electron chi connectivity index (χ4n) is 2.65. The molecular formula is C21H40O2. The van der Waals surface area contributed by atoms with Gasteiger partial charge in [-0.25, -0.2) is 0 Å². The number of rotatable bonds is 16. The Morgan fingerprint density at radius 2 is 1.48 bits per heavy atom. The van der Waals surface area contributed by atoms with Crippen molar-refractivity contribution in [3.8, 4) is 0 Å². The molecule has 2 nitrogen and oxygen atoms in total. The van der Waals surface area contributed by atoms with Gasteiger partial charge >= 0.3 is 5.97 Å². The number of esters is 1. The molecule has 0 aromatic heterocycles. The van der Waals surface area contributed by atoms with Gasteiger partial charge in [0.1, 0.15) is 0 Å². The SMILES string of the molecule is CCCCCCCCCCC=COC(=O)CCCCCC(C)C. The van der Waals surface area contributed by atoms with Gasteiger partial charge in [-0.1, -0.05) is 85.0 Å². The molecule has 0 atom stereocenters. The zero-order valence-electron chi connectivity index (χ0n) is 15.9. The van der Waals surface area contributed by atoms with Gasteiger partial charge in [-0.2, -0.15) is 0 Å². The minimum atomic E-state index is -0.0817. The lowest BCUT2D eigenvalue weighted by molar-refractivity contribution is -0.138. The second-order valence-electron chi connectivity index (χ2n) is 7.12. The van der Waals surface area contributed by atoms with E-state index in [4.69, 9.17) is 4.74 Å². The smallest absolute Gasteiger partial charge is 0.310 e. The van der Waals surface area contributed by atoms with Crippen LogP contribution in [0.3, 0.4) is 0 Å². The van der Waals surface area contributed by atoms with Crippen molar-refractivity contribution in [3.05, 3.63) is 12.3 Å². The summed E-state index contributed by atoms with van der Waals surface area (Å²) < 4.78 is 5.12. The summed E-state index contributed by atoms with van der Waals surface area (Å²) in [5.74, 6) is 0.683. The first-order valence-corrected chi connectivity index (χ1v) is 10.0. The minimum absolute atomic E-state index is 0.0817. The summed E-state index contributed by atoms with van der Waals surface area (Å²) in [7, 11) is 0. The quantitative estimate of drug-likeness (QED) is 0.171. The summed E-state index contributed by atoms with van der Waals surface area (Å²) in [6, 6.07) is 0.